The summed E-state index contributed by atoms with van der Waals surface area (Å²) in [5.41, 5.74) is -0.107. The van der Waals surface area contributed by atoms with E-state index in [1.807, 2.05) is 12.3 Å². The summed E-state index contributed by atoms with van der Waals surface area (Å²) in [5, 5.41) is 2.76. The van der Waals surface area contributed by atoms with Crippen LogP contribution in [0.3, 0.4) is 0 Å². The highest BCUT2D eigenvalue weighted by Crippen LogP contribution is 2.39. The third kappa shape index (κ3) is 3.89. The van der Waals surface area contributed by atoms with Gasteiger partial charge >= 0.3 is 0 Å². The highest BCUT2D eigenvalue weighted by Gasteiger charge is 2.48. The third-order valence-corrected chi connectivity index (χ3v) is 7.85. The zero-order valence-corrected chi connectivity index (χ0v) is 18.0. The van der Waals surface area contributed by atoms with Crippen LogP contribution in [0.2, 0.25) is 0 Å². The summed E-state index contributed by atoms with van der Waals surface area (Å²) >= 11 is 1.49. The Hall–Kier alpha value is -2.01. The number of aromatic nitrogens is 1. The number of amides is 1. The number of carbonyl (C=O) groups is 1. The molecule has 1 fully saturated rings. The molecule has 0 aliphatic carbocycles. The second-order valence-electron chi connectivity index (χ2n) is 7.36. The van der Waals surface area contributed by atoms with Gasteiger partial charge < -0.3 is 14.4 Å². The molecule has 1 unspecified atom stereocenters. The second-order valence-corrected chi connectivity index (χ2v) is 10.3. The van der Waals surface area contributed by atoms with Crippen LogP contribution in [0.4, 0.5) is 0 Å². The Kier molecular flexibility index (Phi) is 5.36. The first-order chi connectivity index (χ1) is 13.8. The van der Waals surface area contributed by atoms with Crippen molar-refractivity contribution in [3.8, 4) is 5.75 Å². The number of hydrogen-bond donors (Lipinski definition) is 0. The summed E-state index contributed by atoms with van der Waals surface area (Å²) in [4.78, 5) is 18.6. The van der Waals surface area contributed by atoms with Gasteiger partial charge in [0.25, 0.3) is 0 Å². The van der Waals surface area contributed by atoms with Crippen LogP contribution in [-0.2, 0) is 26.1 Å². The second kappa shape index (κ2) is 7.67. The van der Waals surface area contributed by atoms with Crippen molar-refractivity contribution in [1.82, 2.24) is 14.2 Å². The third-order valence-electron chi connectivity index (χ3n) is 5.20. The Balaban J connectivity index is 1.71. The number of aryl methyl sites for hydroxylation is 1. The molecule has 29 heavy (non-hydrogen) atoms. The minimum Gasteiger partial charge on any atom is -0.483 e. The van der Waals surface area contributed by atoms with Gasteiger partial charge in [-0.25, -0.2) is 13.4 Å². The molecule has 3 heterocycles. The smallest absolute Gasteiger partial charge is 0.248 e. The number of likely N-dealkylation sites (tertiary alicyclic amines) is 1. The number of thiazole rings is 1. The monoisotopic (exact) mass is 437 g/mol. The fourth-order valence-corrected chi connectivity index (χ4v) is 6.05. The van der Waals surface area contributed by atoms with E-state index in [1.54, 1.807) is 29.2 Å². The predicted molar refractivity (Wildman–Crippen MR) is 107 cm³/mol. The van der Waals surface area contributed by atoms with Gasteiger partial charge in [0.05, 0.1) is 30.3 Å². The lowest BCUT2D eigenvalue weighted by molar-refractivity contribution is -0.134. The fourth-order valence-electron chi connectivity index (χ4n) is 3.85. The van der Waals surface area contributed by atoms with E-state index < -0.39 is 15.6 Å². The number of methoxy groups -OCH3 is 1. The zero-order chi connectivity index (χ0) is 20.6. The maximum atomic E-state index is 13.4. The molecular formula is C19H23N3O5S2. The number of carbonyl (C=O) groups excluding carboxylic acids is 1. The van der Waals surface area contributed by atoms with E-state index in [1.165, 1.54) is 22.8 Å². The van der Waals surface area contributed by atoms with Crippen LogP contribution in [0.25, 0.3) is 0 Å². The minimum atomic E-state index is -3.77. The molecule has 2 aromatic rings. The highest BCUT2D eigenvalue weighted by atomic mass is 32.2. The molecule has 0 N–H and O–H groups in total. The first kappa shape index (κ1) is 20.3. The summed E-state index contributed by atoms with van der Waals surface area (Å²) in [6.45, 7) is 3.00. The Labute approximate surface area is 174 Å². The van der Waals surface area contributed by atoms with E-state index in [0.29, 0.717) is 31.0 Å². The van der Waals surface area contributed by atoms with Crippen molar-refractivity contribution < 1.29 is 22.7 Å². The van der Waals surface area contributed by atoms with Crippen LogP contribution >= 0.6 is 11.3 Å². The van der Waals surface area contributed by atoms with Crippen LogP contribution in [-0.4, -0.2) is 67.5 Å². The van der Waals surface area contributed by atoms with Crippen molar-refractivity contribution in [3.05, 3.63) is 40.3 Å². The lowest BCUT2D eigenvalue weighted by Gasteiger charge is -2.31. The van der Waals surface area contributed by atoms with Gasteiger partial charge in [-0.05, 0) is 19.1 Å². The molecule has 156 valence electrons. The number of ether oxygens (including phenoxy) is 2. The molecule has 1 aromatic heterocycles. The van der Waals surface area contributed by atoms with Gasteiger partial charge in [-0.3, -0.25) is 4.79 Å². The SMILES string of the molecule is COCC(=O)N1CCC2(C1)CN(Cc1csc(C)n1)S(=O)(=O)c1ccccc1O2. The van der Waals surface area contributed by atoms with Crippen molar-refractivity contribution in [1.29, 1.82) is 0 Å². The number of fused-ring (bicyclic) bond motifs is 1. The average molecular weight is 438 g/mol. The van der Waals surface area contributed by atoms with Crippen molar-refractivity contribution in [3.63, 3.8) is 0 Å². The predicted octanol–water partition coefficient (Wildman–Crippen LogP) is 1.65. The molecule has 1 saturated heterocycles. The van der Waals surface area contributed by atoms with Crippen LogP contribution in [0.15, 0.2) is 34.5 Å². The summed E-state index contributed by atoms with van der Waals surface area (Å²) in [7, 11) is -2.30. The average Bonchev–Trinajstić information content (AvgIpc) is 3.26. The standard InChI is InChI=1S/C19H23N3O5S2/c1-14-20-15(11-28-14)9-22-13-19(7-8-21(12-19)18(23)10-26-2)27-16-5-3-4-6-17(16)29(22,24)25/h3-6,11H,7-10,12-13H2,1-2H3. The largest absolute Gasteiger partial charge is 0.483 e. The molecule has 8 nitrogen and oxygen atoms in total. The normalized spacial score (nSPS) is 23.6. The van der Waals surface area contributed by atoms with E-state index >= 15 is 0 Å². The molecule has 1 aromatic carbocycles. The zero-order valence-electron chi connectivity index (χ0n) is 16.3. The minimum absolute atomic E-state index is 0.00716. The van der Waals surface area contributed by atoms with Crippen molar-refractivity contribution in [2.75, 3.05) is 33.4 Å². The van der Waals surface area contributed by atoms with Gasteiger partial charge in [0.15, 0.2) is 0 Å². The number of para-hydroxylation sites is 1. The number of nitrogens with zero attached hydrogens (tertiary/aromatic N) is 3. The van der Waals surface area contributed by atoms with Gasteiger partial charge in [-0.15, -0.1) is 11.3 Å². The molecule has 1 amide bonds. The van der Waals surface area contributed by atoms with Gasteiger partial charge in [-0.2, -0.15) is 4.31 Å². The number of rotatable bonds is 4. The van der Waals surface area contributed by atoms with E-state index in [-0.39, 0.29) is 30.5 Å². The van der Waals surface area contributed by atoms with E-state index in [0.717, 1.165) is 5.01 Å². The molecule has 1 spiro atoms. The van der Waals surface area contributed by atoms with Crippen LogP contribution in [0.1, 0.15) is 17.1 Å². The van der Waals surface area contributed by atoms with E-state index in [4.69, 9.17) is 9.47 Å². The first-order valence-electron chi connectivity index (χ1n) is 9.29. The van der Waals surface area contributed by atoms with Gasteiger partial charge in [0.1, 0.15) is 22.9 Å². The maximum Gasteiger partial charge on any atom is 0.248 e. The van der Waals surface area contributed by atoms with Crippen LogP contribution in [0.5, 0.6) is 5.75 Å². The Morgan fingerprint density at radius 3 is 2.86 bits per heavy atom. The fraction of sp³-hybridized carbons (Fsp3) is 0.474. The van der Waals surface area contributed by atoms with Gasteiger partial charge in [0.2, 0.25) is 15.9 Å². The molecule has 4 rings (SSSR count). The maximum absolute atomic E-state index is 13.4. The molecule has 2 aliphatic heterocycles. The summed E-state index contributed by atoms with van der Waals surface area (Å²) in [6, 6.07) is 6.67. The van der Waals surface area contributed by atoms with Crippen LogP contribution < -0.4 is 4.74 Å². The molecule has 2 aliphatic rings. The molecule has 0 bridgehead atoms. The Bertz CT molecular complexity index is 1020. The van der Waals surface area contributed by atoms with Crippen molar-refractivity contribution in [2.45, 2.75) is 30.4 Å². The summed E-state index contributed by atoms with van der Waals surface area (Å²) in [5.74, 6) is 0.195. The van der Waals surface area contributed by atoms with Gasteiger partial charge in [-0.1, -0.05) is 12.1 Å². The van der Waals surface area contributed by atoms with E-state index in [9.17, 15) is 13.2 Å². The lowest BCUT2D eigenvalue weighted by atomic mass is 10.0. The molecule has 10 heteroatoms. The van der Waals surface area contributed by atoms with Crippen molar-refractivity contribution >= 4 is 27.3 Å². The molecule has 1 atom stereocenters. The first-order valence-corrected chi connectivity index (χ1v) is 11.6. The highest BCUT2D eigenvalue weighted by molar-refractivity contribution is 7.89. The van der Waals surface area contributed by atoms with Gasteiger partial charge in [0, 0.05) is 25.5 Å². The summed E-state index contributed by atoms with van der Waals surface area (Å²) in [6.07, 6.45) is 0.541. The van der Waals surface area contributed by atoms with Crippen LogP contribution in [0, 0.1) is 6.92 Å². The van der Waals surface area contributed by atoms with E-state index in [2.05, 4.69) is 4.98 Å². The lowest BCUT2D eigenvalue weighted by Crippen LogP contribution is -2.49. The number of hydrogen-bond acceptors (Lipinski definition) is 7. The molecule has 0 radical (unpaired) electrons. The quantitative estimate of drug-likeness (QED) is 0.723. The Morgan fingerprint density at radius 2 is 2.14 bits per heavy atom. The van der Waals surface area contributed by atoms with Crippen molar-refractivity contribution in [2.24, 2.45) is 0 Å². The molecular weight excluding hydrogens is 414 g/mol. The number of sulfonamides is 1. The topological polar surface area (TPSA) is 89.0 Å². The molecule has 0 saturated carbocycles. The summed E-state index contributed by atoms with van der Waals surface area (Å²) < 4.78 is 39.5. The Morgan fingerprint density at radius 1 is 1.34 bits per heavy atom. The number of benzene rings is 1.